The van der Waals surface area contributed by atoms with Crippen molar-refractivity contribution >= 4 is 32.2 Å². The molecule has 0 saturated carbocycles. The lowest BCUT2D eigenvalue weighted by Crippen LogP contribution is -1.67. The number of fused-ring (bicyclic) bond motifs is 1. The molecule has 0 spiro atoms. The van der Waals surface area contributed by atoms with Gasteiger partial charge in [0.2, 0.25) is 0 Å². The van der Waals surface area contributed by atoms with Gasteiger partial charge in [-0.1, -0.05) is 0 Å². The van der Waals surface area contributed by atoms with Crippen molar-refractivity contribution in [2.24, 2.45) is 0 Å². The number of aryl methyl sites for hydroxylation is 1. The molecule has 2 aromatic rings. The maximum Gasteiger partial charge on any atom is 0.194 e. The Morgan fingerprint density at radius 2 is 2.40 bits per heavy atom. The average molecular weight is 217 g/mol. The second-order valence-corrected chi connectivity index (χ2v) is 4.12. The van der Waals surface area contributed by atoms with Crippen LogP contribution in [0.5, 0.6) is 0 Å². The van der Waals surface area contributed by atoms with Crippen molar-refractivity contribution < 1.29 is 0 Å². The largest absolute Gasteiger partial charge is 0.296 e. The van der Waals surface area contributed by atoms with Crippen molar-refractivity contribution in [3.63, 3.8) is 0 Å². The van der Waals surface area contributed by atoms with Gasteiger partial charge in [0.05, 0.1) is 0 Å². The molecule has 10 heavy (non-hydrogen) atoms. The van der Waals surface area contributed by atoms with Gasteiger partial charge in [-0.25, -0.2) is 4.98 Å². The average Bonchev–Trinajstić information content (AvgIpc) is 2.21. The first kappa shape index (κ1) is 6.37. The Morgan fingerprint density at radius 1 is 1.60 bits per heavy atom. The van der Waals surface area contributed by atoms with E-state index in [1.54, 1.807) is 11.3 Å². The number of aromatic nitrogens is 2. The predicted octanol–water partition coefficient (Wildman–Crippen LogP) is 2.47. The number of hydrogen-bond acceptors (Lipinski definition) is 2. The van der Waals surface area contributed by atoms with Crippen LogP contribution in [0.1, 0.15) is 4.88 Å². The molecule has 0 saturated heterocycles. The van der Waals surface area contributed by atoms with Crippen LogP contribution in [-0.4, -0.2) is 9.38 Å². The zero-order valence-corrected chi connectivity index (χ0v) is 7.74. The van der Waals surface area contributed by atoms with Gasteiger partial charge >= 0.3 is 0 Å². The molecule has 0 fully saturated rings. The smallest absolute Gasteiger partial charge is 0.194 e. The third-order valence-electron chi connectivity index (χ3n) is 1.24. The minimum atomic E-state index is 0.902. The van der Waals surface area contributed by atoms with Crippen molar-refractivity contribution in [2.75, 3.05) is 0 Å². The SMILES string of the molecule is Cc1cn2cc(Br)nc2s1. The van der Waals surface area contributed by atoms with Crippen molar-refractivity contribution in [3.05, 3.63) is 21.9 Å². The molecule has 4 heteroatoms. The van der Waals surface area contributed by atoms with Gasteiger partial charge in [0.1, 0.15) is 4.60 Å². The van der Waals surface area contributed by atoms with Crippen LogP contribution in [0.3, 0.4) is 0 Å². The number of thiazole rings is 1. The van der Waals surface area contributed by atoms with Crippen molar-refractivity contribution in [3.8, 4) is 0 Å². The Bertz CT molecular complexity index is 300. The van der Waals surface area contributed by atoms with Crippen LogP contribution < -0.4 is 0 Å². The molecule has 52 valence electrons. The van der Waals surface area contributed by atoms with Crippen LogP contribution in [-0.2, 0) is 0 Å². The number of imidazole rings is 1. The molecule has 2 rings (SSSR count). The predicted molar refractivity (Wildman–Crippen MR) is 45.5 cm³/mol. The van der Waals surface area contributed by atoms with Crippen molar-refractivity contribution in [2.45, 2.75) is 6.92 Å². The van der Waals surface area contributed by atoms with Crippen LogP contribution in [0, 0.1) is 6.92 Å². The fraction of sp³-hybridized carbons (Fsp3) is 0.167. The lowest BCUT2D eigenvalue weighted by molar-refractivity contribution is 1.21. The highest BCUT2D eigenvalue weighted by atomic mass is 79.9. The van der Waals surface area contributed by atoms with Gasteiger partial charge in [0.15, 0.2) is 4.96 Å². The van der Waals surface area contributed by atoms with E-state index in [0.717, 1.165) is 9.56 Å². The molecule has 0 bridgehead atoms. The summed E-state index contributed by atoms with van der Waals surface area (Å²) in [5.74, 6) is 0. The fourth-order valence-corrected chi connectivity index (χ4v) is 2.20. The molecule has 0 N–H and O–H groups in total. The molecule has 0 amide bonds. The van der Waals surface area contributed by atoms with E-state index < -0.39 is 0 Å². The summed E-state index contributed by atoms with van der Waals surface area (Å²) in [7, 11) is 0. The van der Waals surface area contributed by atoms with E-state index in [1.807, 2.05) is 10.6 Å². The third kappa shape index (κ3) is 0.876. The lowest BCUT2D eigenvalue weighted by atomic mass is 10.6. The molecule has 0 radical (unpaired) electrons. The van der Waals surface area contributed by atoms with Crippen LogP contribution in [0.4, 0.5) is 0 Å². The Hall–Kier alpha value is -0.350. The summed E-state index contributed by atoms with van der Waals surface area (Å²) < 4.78 is 2.92. The second-order valence-electron chi connectivity index (χ2n) is 2.10. The quantitative estimate of drug-likeness (QED) is 0.662. The first-order valence-corrected chi connectivity index (χ1v) is 4.47. The summed E-state index contributed by atoms with van der Waals surface area (Å²) in [6.45, 7) is 2.08. The highest BCUT2D eigenvalue weighted by molar-refractivity contribution is 9.10. The lowest BCUT2D eigenvalue weighted by Gasteiger charge is -1.74. The Labute approximate surface area is 70.6 Å². The highest BCUT2D eigenvalue weighted by Gasteiger charge is 1.99. The highest BCUT2D eigenvalue weighted by Crippen LogP contribution is 2.18. The number of nitrogens with zero attached hydrogens (tertiary/aromatic N) is 2. The Kier molecular flexibility index (Phi) is 1.32. The topological polar surface area (TPSA) is 17.3 Å². The van der Waals surface area contributed by atoms with E-state index in [2.05, 4.69) is 34.0 Å². The molecule has 2 aromatic heterocycles. The van der Waals surface area contributed by atoms with Crippen LogP contribution >= 0.6 is 27.3 Å². The minimum Gasteiger partial charge on any atom is -0.296 e. The van der Waals surface area contributed by atoms with Gasteiger partial charge in [-0.05, 0) is 22.9 Å². The standard InChI is InChI=1S/C6H5BrN2S/c1-4-2-9-3-5(7)8-6(9)10-4/h2-3H,1H3. The van der Waals surface area contributed by atoms with Gasteiger partial charge in [-0.3, -0.25) is 4.40 Å². The zero-order valence-electron chi connectivity index (χ0n) is 5.34. The van der Waals surface area contributed by atoms with E-state index in [-0.39, 0.29) is 0 Å². The van der Waals surface area contributed by atoms with Crippen LogP contribution in [0.25, 0.3) is 4.96 Å². The maximum atomic E-state index is 4.23. The molecule has 0 aliphatic carbocycles. The summed E-state index contributed by atoms with van der Waals surface area (Å²) in [6, 6.07) is 0. The Balaban J connectivity index is 2.83. The van der Waals surface area contributed by atoms with E-state index in [0.29, 0.717) is 0 Å². The fourth-order valence-electron chi connectivity index (χ4n) is 0.882. The first-order valence-electron chi connectivity index (χ1n) is 2.86. The first-order chi connectivity index (χ1) is 4.75. The Morgan fingerprint density at radius 3 is 3.10 bits per heavy atom. The van der Waals surface area contributed by atoms with E-state index in [1.165, 1.54) is 4.88 Å². The summed E-state index contributed by atoms with van der Waals surface area (Å²) >= 11 is 5.00. The van der Waals surface area contributed by atoms with Crippen LogP contribution in [0.15, 0.2) is 17.0 Å². The van der Waals surface area contributed by atoms with Gasteiger partial charge in [-0.15, -0.1) is 11.3 Å². The van der Waals surface area contributed by atoms with Gasteiger partial charge in [0, 0.05) is 17.3 Å². The monoisotopic (exact) mass is 216 g/mol. The summed E-state index contributed by atoms with van der Waals surface area (Å²) in [6.07, 6.45) is 4.02. The number of rotatable bonds is 0. The zero-order chi connectivity index (χ0) is 7.14. The molecule has 2 nitrogen and oxygen atoms in total. The molecule has 0 aliphatic heterocycles. The number of hydrogen-bond donors (Lipinski definition) is 0. The maximum absolute atomic E-state index is 4.23. The molecule has 0 unspecified atom stereocenters. The summed E-state index contributed by atoms with van der Waals surface area (Å²) in [4.78, 5) is 6.56. The van der Waals surface area contributed by atoms with Gasteiger partial charge in [-0.2, -0.15) is 0 Å². The second kappa shape index (κ2) is 2.07. The van der Waals surface area contributed by atoms with E-state index >= 15 is 0 Å². The molecule has 0 aliphatic rings. The van der Waals surface area contributed by atoms with Gasteiger partial charge < -0.3 is 0 Å². The van der Waals surface area contributed by atoms with Crippen LogP contribution in [0.2, 0.25) is 0 Å². The normalized spacial score (nSPS) is 11.0. The molecule has 2 heterocycles. The van der Waals surface area contributed by atoms with E-state index in [9.17, 15) is 0 Å². The van der Waals surface area contributed by atoms with E-state index in [4.69, 9.17) is 0 Å². The summed E-state index contributed by atoms with van der Waals surface area (Å²) in [5, 5.41) is 0. The third-order valence-corrected chi connectivity index (χ3v) is 2.54. The number of halogens is 1. The minimum absolute atomic E-state index is 0.902. The van der Waals surface area contributed by atoms with Crippen molar-refractivity contribution in [1.29, 1.82) is 0 Å². The molecular formula is C6H5BrN2S. The molecule has 0 aromatic carbocycles. The van der Waals surface area contributed by atoms with Gasteiger partial charge in [0.25, 0.3) is 0 Å². The molecule has 0 atom stereocenters. The summed E-state index contributed by atoms with van der Waals surface area (Å²) in [5.41, 5.74) is 0. The van der Waals surface area contributed by atoms with Crippen molar-refractivity contribution in [1.82, 2.24) is 9.38 Å². The molecular weight excluding hydrogens is 212 g/mol.